The van der Waals surface area contributed by atoms with E-state index < -0.39 is 26.8 Å². The van der Waals surface area contributed by atoms with Gasteiger partial charge in [-0.2, -0.15) is 18.2 Å². The Hall–Kier alpha value is -0.661. The summed E-state index contributed by atoms with van der Waals surface area (Å²) in [7, 11) is 0. The number of halogens is 2. The summed E-state index contributed by atoms with van der Waals surface area (Å²) in [6.45, 7) is 19.8. The summed E-state index contributed by atoms with van der Waals surface area (Å²) < 4.78 is 1.55. The van der Waals surface area contributed by atoms with Gasteiger partial charge in [-0.3, -0.25) is 0 Å². The van der Waals surface area contributed by atoms with Crippen LogP contribution in [0.1, 0.15) is 56.3 Å². The van der Waals surface area contributed by atoms with Crippen molar-refractivity contribution in [2.75, 3.05) is 0 Å². The minimum Gasteiger partial charge on any atom is -1.00 e. The number of rotatable bonds is 5. The molecule has 0 radical (unpaired) electrons. The van der Waals surface area contributed by atoms with Crippen molar-refractivity contribution in [2.24, 2.45) is 5.92 Å². The van der Waals surface area contributed by atoms with E-state index in [1.165, 1.54) is 16.7 Å². The van der Waals surface area contributed by atoms with Crippen molar-refractivity contribution in [3.05, 3.63) is 112 Å². The van der Waals surface area contributed by atoms with Crippen LogP contribution in [0.2, 0.25) is 16.7 Å². The second kappa shape index (κ2) is 15.4. The summed E-state index contributed by atoms with van der Waals surface area (Å²) in [5.74, 6) is -0.131. The van der Waals surface area contributed by atoms with Crippen LogP contribution >= 0.6 is 0 Å². The average molecular weight is 684 g/mol. The van der Waals surface area contributed by atoms with Gasteiger partial charge in [0.1, 0.15) is 0 Å². The van der Waals surface area contributed by atoms with Gasteiger partial charge in [-0.15, -0.1) is 0 Å². The molecule has 0 aliphatic heterocycles. The van der Waals surface area contributed by atoms with E-state index in [4.69, 9.17) is 0 Å². The van der Waals surface area contributed by atoms with E-state index >= 15 is 0 Å². The van der Waals surface area contributed by atoms with Gasteiger partial charge in [0.15, 0.2) is 0 Å². The van der Waals surface area contributed by atoms with Gasteiger partial charge in [0.05, 0.1) is 0 Å². The molecule has 5 rings (SSSR count). The molecule has 2 aliphatic rings. The molecule has 0 aromatic heterocycles. The number of fused-ring (bicyclic) bond motifs is 1. The largest absolute Gasteiger partial charge is 2.00 e. The molecule has 5 heteroatoms. The van der Waals surface area contributed by atoms with Crippen LogP contribution in [0.25, 0.3) is 17.2 Å². The molecule has 1 unspecified atom stereocenters. The number of allylic oxidation sites excluding steroid dienone is 5. The molecule has 3 aromatic rings. The van der Waals surface area contributed by atoms with Crippen LogP contribution < -0.4 is 24.8 Å². The molecule has 0 spiro atoms. The summed E-state index contributed by atoms with van der Waals surface area (Å²) in [6.07, 6.45) is 2.61. The minimum absolute atomic E-state index is 0. The Kier molecular flexibility index (Phi) is 14.3. The van der Waals surface area contributed by atoms with Gasteiger partial charge < -0.3 is 24.8 Å². The van der Waals surface area contributed by atoms with Gasteiger partial charge in [0.2, 0.25) is 0 Å². The van der Waals surface area contributed by atoms with Crippen LogP contribution in [0.15, 0.2) is 101 Å². The predicted octanol–water partition coefficient (Wildman–Crippen LogP) is 3.65. The van der Waals surface area contributed by atoms with Crippen LogP contribution in [-0.4, -0.2) is 5.92 Å². The van der Waals surface area contributed by atoms with Crippen molar-refractivity contribution in [3.63, 3.8) is 0 Å². The maximum atomic E-state index is 2.66. The summed E-state index contributed by atoms with van der Waals surface area (Å²) in [5, 5.41) is 0. The zero-order valence-corrected chi connectivity index (χ0v) is 30.2. The second-order valence-electron chi connectivity index (χ2n) is 10.9. The molecule has 2 aliphatic carbocycles. The first kappa shape index (κ1) is 35.4. The Morgan fingerprint density at radius 3 is 1.82 bits per heavy atom. The second-order valence-corrected chi connectivity index (χ2v) is 30.9. The van der Waals surface area contributed by atoms with E-state index in [0.717, 1.165) is 7.25 Å². The topological polar surface area (TPSA) is 0 Å². The maximum absolute atomic E-state index is 2.66. The molecule has 38 heavy (non-hydrogen) atoms. The van der Waals surface area contributed by atoms with Crippen LogP contribution in [0.3, 0.4) is 0 Å². The zero-order chi connectivity index (χ0) is 25.3. The molecule has 0 bridgehead atoms. The van der Waals surface area contributed by atoms with E-state index in [1.807, 2.05) is 30.3 Å². The third-order valence-corrected chi connectivity index (χ3v) is 30.3. The molecule has 0 saturated heterocycles. The first-order chi connectivity index (χ1) is 16.7. The zero-order valence-electron chi connectivity index (χ0n) is 23.9. The summed E-state index contributed by atoms with van der Waals surface area (Å²) in [5.41, 5.74) is 14.3. The van der Waals surface area contributed by atoms with E-state index in [1.54, 1.807) is 33.4 Å². The van der Waals surface area contributed by atoms with Crippen molar-refractivity contribution >= 4 is 12.0 Å². The molecule has 0 amide bonds. The standard InChI is InChI=1S/C17H16.C9H13.C5H5.C2H7Si.2ClH.Fe.Zr/c1-12(2)15-10-14-8-5-9-16(17(14)11-15)13-6-3-4-7-13;1-6-5-7(2)9(4)8(6)3;1-2-4-5-3-1;1-3-2;;;;/h3-12H,1-2H3;5H,1-4H3;1-5H;3H,1-2H3;2*1H;;/q-1;;-1;;;;2*+2/p-2. The van der Waals surface area contributed by atoms with E-state index in [2.05, 4.69) is 103 Å². The van der Waals surface area contributed by atoms with Crippen LogP contribution in [0.4, 0.5) is 0 Å². The fourth-order valence-corrected chi connectivity index (χ4v) is 30.2. The predicted molar refractivity (Wildman–Crippen MR) is 154 cm³/mol. The number of hydrogen-bond acceptors (Lipinski definition) is 0. The molecular formula is C33H41Cl2FeSiZr. The van der Waals surface area contributed by atoms with E-state index in [-0.39, 0.29) is 41.9 Å². The normalized spacial score (nSPS) is 16.4. The van der Waals surface area contributed by atoms with Gasteiger partial charge in [-0.05, 0) is 0 Å². The van der Waals surface area contributed by atoms with Crippen LogP contribution in [0, 0.1) is 5.92 Å². The quantitative estimate of drug-likeness (QED) is 0.285. The molecule has 3 aromatic carbocycles. The Morgan fingerprint density at radius 1 is 0.816 bits per heavy atom. The van der Waals surface area contributed by atoms with Crippen molar-refractivity contribution in [1.29, 1.82) is 0 Å². The number of hydrogen-bond donors (Lipinski definition) is 0. The first-order valence-corrected chi connectivity index (χ1v) is 23.2. The fourth-order valence-electron chi connectivity index (χ4n) is 6.11. The van der Waals surface area contributed by atoms with Gasteiger partial charge in [0.25, 0.3) is 0 Å². The molecule has 0 heterocycles. The minimum atomic E-state index is -1.86. The SMILES string of the molecule is CC1=C(C)[CH]([Zr+2]([CH]2C(C(C)C)=Cc3c(-[c-]4cccc4)cccc32)[SiH](C)C)C(C)=C1C.[Cl-].[Cl-].[Fe+2].c1cc[cH-]c1. The molecule has 0 fully saturated rings. The molecule has 0 saturated carbocycles. The summed E-state index contributed by atoms with van der Waals surface area (Å²) >= 11 is -1.86. The van der Waals surface area contributed by atoms with Crippen molar-refractivity contribution in [2.45, 2.75) is 61.9 Å². The fraction of sp³-hybridized carbons (Fsp3) is 0.333. The number of benzene rings is 1. The Bertz CT molecular complexity index is 1210. The van der Waals surface area contributed by atoms with E-state index in [9.17, 15) is 0 Å². The molecular weight excluding hydrogens is 642 g/mol. The Morgan fingerprint density at radius 2 is 1.37 bits per heavy atom. The first-order valence-electron chi connectivity index (χ1n) is 13.2. The van der Waals surface area contributed by atoms with Crippen LogP contribution in [0.5, 0.6) is 0 Å². The Balaban J connectivity index is 0.000000813. The van der Waals surface area contributed by atoms with Gasteiger partial charge in [-0.1, -0.05) is 0 Å². The average Bonchev–Trinajstić information content (AvgIpc) is 3.64. The van der Waals surface area contributed by atoms with Crippen LogP contribution in [-0.2, 0) is 38.0 Å². The molecule has 203 valence electrons. The van der Waals surface area contributed by atoms with Gasteiger partial charge >= 0.3 is 210 Å². The van der Waals surface area contributed by atoms with Crippen molar-refractivity contribution < 1.29 is 62.8 Å². The summed E-state index contributed by atoms with van der Waals surface area (Å²) in [4.78, 5) is 0. The van der Waals surface area contributed by atoms with Crippen molar-refractivity contribution in [3.8, 4) is 11.1 Å². The van der Waals surface area contributed by atoms with Crippen molar-refractivity contribution in [1.82, 2.24) is 0 Å². The smallest absolute Gasteiger partial charge is 1.00 e. The maximum Gasteiger partial charge on any atom is 2.00 e. The third-order valence-electron chi connectivity index (χ3n) is 8.24. The van der Waals surface area contributed by atoms with E-state index in [0.29, 0.717) is 5.92 Å². The Labute approximate surface area is 263 Å². The molecule has 0 nitrogen and oxygen atoms in total. The summed E-state index contributed by atoms with van der Waals surface area (Å²) in [6, 6.07) is 26.0. The molecule has 0 N–H and O–H groups in total. The monoisotopic (exact) mass is 681 g/mol. The third kappa shape index (κ3) is 6.97. The van der Waals surface area contributed by atoms with Gasteiger partial charge in [0, 0.05) is 0 Å². The molecule has 1 atom stereocenters. The van der Waals surface area contributed by atoms with Gasteiger partial charge in [-0.25, -0.2) is 12.1 Å².